The van der Waals surface area contributed by atoms with E-state index in [2.05, 4.69) is 20.6 Å². The van der Waals surface area contributed by atoms with Crippen LogP contribution in [0.4, 0.5) is 10.2 Å². The number of imidazole rings is 1. The second kappa shape index (κ2) is 6.78. The summed E-state index contributed by atoms with van der Waals surface area (Å²) in [5, 5.41) is 5.83. The molecule has 1 amide bonds. The molecule has 1 atom stereocenters. The third-order valence-electron chi connectivity index (χ3n) is 4.19. The van der Waals surface area contributed by atoms with Gasteiger partial charge in [-0.3, -0.25) is 4.79 Å². The van der Waals surface area contributed by atoms with Crippen molar-refractivity contribution in [2.75, 3.05) is 11.9 Å². The highest BCUT2D eigenvalue weighted by molar-refractivity contribution is 7.13. The zero-order valence-corrected chi connectivity index (χ0v) is 14.2. The van der Waals surface area contributed by atoms with Gasteiger partial charge in [0.2, 0.25) is 5.91 Å². The Labute approximate surface area is 148 Å². The van der Waals surface area contributed by atoms with E-state index in [1.807, 2.05) is 30.3 Å². The Balaban J connectivity index is 1.70. The molecule has 0 radical (unpaired) electrons. The number of anilines is 1. The summed E-state index contributed by atoms with van der Waals surface area (Å²) in [6, 6.07) is 12.5. The number of carbonyl (C=O) groups excluding carboxylic acids is 1. The van der Waals surface area contributed by atoms with E-state index in [0.29, 0.717) is 16.5 Å². The van der Waals surface area contributed by atoms with Crippen LogP contribution in [-0.2, 0) is 4.79 Å². The SMILES string of the molecule is O=C(Nc1nc(-c2ccc(F)s2)[nH]c1-c1ccccc1)[C@@H]1CCCN1. The highest BCUT2D eigenvalue weighted by Gasteiger charge is 2.24. The summed E-state index contributed by atoms with van der Waals surface area (Å²) in [5.41, 5.74) is 1.63. The van der Waals surface area contributed by atoms with Gasteiger partial charge >= 0.3 is 0 Å². The predicted molar refractivity (Wildman–Crippen MR) is 96.9 cm³/mol. The van der Waals surface area contributed by atoms with Gasteiger partial charge < -0.3 is 15.6 Å². The first-order valence-corrected chi connectivity index (χ1v) is 8.98. The van der Waals surface area contributed by atoms with E-state index in [-0.39, 0.29) is 17.1 Å². The molecule has 0 bridgehead atoms. The number of thiophene rings is 1. The molecule has 3 aromatic rings. The standard InChI is InChI=1S/C18H17FN4OS/c19-14-9-8-13(25-14)16-21-15(11-5-2-1-3-6-11)17(22-16)23-18(24)12-7-4-10-20-12/h1-3,5-6,8-9,12,20H,4,7,10H2,(H,21,22)(H,23,24)/t12-/m0/s1. The third-order valence-corrected chi connectivity index (χ3v) is 5.07. The van der Waals surface area contributed by atoms with Gasteiger partial charge in [0.15, 0.2) is 16.8 Å². The molecule has 4 rings (SSSR count). The summed E-state index contributed by atoms with van der Waals surface area (Å²) in [5.74, 6) is 0.918. The fourth-order valence-electron chi connectivity index (χ4n) is 2.95. The summed E-state index contributed by atoms with van der Waals surface area (Å²) in [4.78, 5) is 20.9. The van der Waals surface area contributed by atoms with Gasteiger partial charge in [-0.25, -0.2) is 4.98 Å². The number of aromatic amines is 1. The molecule has 0 aliphatic carbocycles. The third kappa shape index (κ3) is 3.33. The number of aromatic nitrogens is 2. The van der Waals surface area contributed by atoms with E-state index < -0.39 is 0 Å². The Morgan fingerprint density at radius 3 is 2.76 bits per heavy atom. The summed E-state index contributed by atoms with van der Waals surface area (Å²) in [6.07, 6.45) is 1.81. The fraction of sp³-hybridized carbons (Fsp3) is 0.222. The zero-order chi connectivity index (χ0) is 17.2. The lowest BCUT2D eigenvalue weighted by Gasteiger charge is -2.10. The van der Waals surface area contributed by atoms with E-state index in [1.165, 1.54) is 6.07 Å². The minimum atomic E-state index is -0.270. The number of nitrogens with one attached hydrogen (secondary N) is 3. The highest BCUT2D eigenvalue weighted by Crippen LogP contribution is 2.32. The van der Waals surface area contributed by atoms with Gasteiger partial charge in [0.25, 0.3) is 0 Å². The molecule has 5 nitrogen and oxygen atoms in total. The normalized spacial score (nSPS) is 16.9. The Morgan fingerprint density at radius 2 is 2.08 bits per heavy atom. The van der Waals surface area contributed by atoms with Gasteiger partial charge in [-0.05, 0) is 31.5 Å². The minimum Gasteiger partial charge on any atom is -0.335 e. The number of H-pyrrole nitrogens is 1. The van der Waals surface area contributed by atoms with Crippen molar-refractivity contribution in [1.29, 1.82) is 0 Å². The molecule has 25 heavy (non-hydrogen) atoms. The molecule has 0 spiro atoms. The van der Waals surface area contributed by atoms with Gasteiger partial charge in [0.1, 0.15) is 0 Å². The van der Waals surface area contributed by atoms with Crippen LogP contribution in [0.25, 0.3) is 22.0 Å². The van der Waals surface area contributed by atoms with Crippen LogP contribution in [0.3, 0.4) is 0 Å². The number of amides is 1. The van der Waals surface area contributed by atoms with E-state index in [0.717, 1.165) is 42.0 Å². The Bertz CT molecular complexity index is 884. The van der Waals surface area contributed by atoms with E-state index in [1.54, 1.807) is 6.07 Å². The zero-order valence-electron chi connectivity index (χ0n) is 13.4. The molecule has 1 aromatic carbocycles. The van der Waals surface area contributed by atoms with Crippen molar-refractivity contribution >= 4 is 23.1 Å². The first-order valence-electron chi connectivity index (χ1n) is 8.16. The summed E-state index contributed by atoms with van der Waals surface area (Å²) in [6.45, 7) is 0.851. The highest BCUT2D eigenvalue weighted by atomic mass is 32.1. The molecule has 0 saturated carbocycles. The molecular weight excluding hydrogens is 339 g/mol. The van der Waals surface area contributed by atoms with Crippen LogP contribution < -0.4 is 10.6 Å². The topological polar surface area (TPSA) is 69.8 Å². The van der Waals surface area contributed by atoms with Gasteiger partial charge in [0, 0.05) is 5.56 Å². The van der Waals surface area contributed by atoms with E-state index in [9.17, 15) is 9.18 Å². The molecule has 1 aliphatic heterocycles. The monoisotopic (exact) mass is 356 g/mol. The molecule has 7 heteroatoms. The molecule has 128 valence electrons. The smallest absolute Gasteiger partial charge is 0.242 e. The lowest BCUT2D eigenvalue weighted by Crippen LogP contribution is -2.35. The molecule has 1 saturated heterocycles. The summed E-state index contributed by atoms with van der Waals surface area (Å²) < 4.78 is 13.4. The second-order valence-corrected chi connectivity index (χ2v) is 6.95. The van der Waals surface area contributed by atoms with Gasteiger partial charge in [-0.15, -0.1) is 11.3 Å². The van der Waals surface area contributed by atoms with Crippen LogP contribution >= 0.6 is 11.3 Å². The first kappa shape index (κ1) is 16.0. The number of hydrogen-bond acceptors (Lipinski definition) is 4. The second-order valence-electron chi connectivity index (χ2n) is 5.92. The quantitative estimate of drug-likeness (QED) is 0.668. The summed E-state index contributed by atoms with van der Waals surface area (Å²) >= 11 is 1.02. The van der Waals surface area contributed by atoms with Crippen molar-refractivity contribution in [3.05, 3.63) is 47.6 Å². The molecule has 0 unspecified atom stereocenters. The van der Waals surface area contributed by atoms with Crippen molar-refractivity contribution in [1.82, 2.24) is 15.3 Å². The number of carbonyl (C=O) groups is 1. The fourth-order valence-corrected chi connectivity index (χ4v) is 3.62. The number of hydrogen-bond donors (Lipinski definition) is 3. The Morgan fingerprint density at radius 1 is 1.24 bits per heavy atom. The number of rotatable bonds is 4. The molecule has 1 fully saturated rings. The van der Waals surface area contributed by atoms with Crippen LogP contribution in [0.5, 0.6) is 0 Å². The maximum absolute atomic E-state index is 13.4. The first-order chi connectivity index (χ1) is 12.2. The predicted octanol–water partition coefficient (Wildman–Crippen LogP) is 3.63. The molecule has 2 aromatic heterocycles. The maximum Gasteiger partial charge on any atom is 0.242 e. The Hall–Kier alpha value is -2.51. The molecular formula is C18H17FN4OS. The van der Waals surface area contributed by atoms with Crippen LogP contribution in [0, 0.1) is 5.13 Å². The van der Waals surface area contributed by atoms with Crippen molar-refractivity contribution in [2.45, 2.75) is 18.9 Å². The minimum absolute atomic E-state index is 0.0925. The van der Waals surface area contributed by atoms with Crippen molar-refractivity contribution < 1.29 is 9.18 Å². The van der Waals surface area contributed by atoms with Gasteiger partial charge in [-0.2, -0.15) is 4.39 Å². The van der Waals surface area contributed by atoms with Crippen molar-refractivity contribution in [3.63, 3.8) is 0 Å². The average molecular weight is 356 g/mol. The maximum atomic E-state index is 13.4. The molecule has 3 N–H and O–H groups in total. The van der Waals surface area contributed by atoms with Gasteiger partial charge in [0.05, 0.1) is 16.6 Å². The number of benzene rings is 1. The van der Waals surface area contributed by atoms with E-state index >= 15 is 0 Å². The van der Waals surface area contributed by atoms with Crippen LogP contribution in [0.2, 0.25) is 0 Å². The molecule has 1 aliphatic rings. The van der Waals surface area contributed by atoms with Crippen LogP contribution in [-0.4, -0.2) is 28.5 Å². The summed E-state index contributed by atoms with van der Waals surface area (Å²) in [7, 11) is 0. The lowest BCUT2D eigenvalue weighted by atomic mass is 10.1. The van der Waals surface area contributed by atoms with Crippen LogP contribution in [0.15, 0.2) is 42.5 Å². The largest absolute Gasteiger partial charge is 0.335 e. The number of nitrogens with zero attached hydrogens (tertiary/aromatic N) is 1. The Kier molecular flexibility index (Phi) is 4.33. The van der Waals surface area contributed by atoms with Gasteiger partial charge in [-0.1, -0.05) is 30.3 Å². The van der Waals surface area contributed by atoms with Crippen LogP contribution in [0.1, 0.15) is 12.8 Å². The van der Waals surface area contributed by atoms with Crippen molar-refractivity contribution in [3.8, 4) is 22.0 Å². The lowest BCUT2D eigenvalue weighted by molar-refractivity contribution is -0.117. The average Bonchev–Trinajstić information content (AvgIpc) is 3.36. The van der Waals surface area contributed by atoms with Crippen molar-refractivity contribution in [2.24, 2.45) is 0 Å². The number of halogens is 1. The van der Waals surface area contributed by atoms with E-state index in [4.69, 9.17) is 0 Å². The molecule has 3 heterocycles.